The molecule has 0 saturated carbocycles. The van der Waals surface area contributed by atoms with Gasteiger partial charge in [-0.3, -0.25) is 0 Å². The van der Waals surface area contributed by atoms with Crippen LogP contribution in [0.1, 0.15) is 37.8 Å². The number of benzene rings is 1. The van der Waals surface area contributed by atoms with Gasteiger partial charge in [-0.05, 0) is 37.5 Å². The first-order chi connectivity index (χ1) is 7.70. The fourth-order valence-electron chi connectivity index (χ4n) is 2.30. The third kappa shape index (κ3) is 2.35. The van der Waals surface area contributed by atoms with Crippen molar-refractivity contribution >= 4 is 0 Å². The summed E-state index contributed by atoms with van der Waals surface area (Å²) in [6.45, 7) is 2.17. The zero-order valence-corrected chi connectivity index (χ0v) is 9.79. The Kier molecular flexibility index (Phi) is 3.44. The van der Waals surface area contributed by atoms with Gasteiger partial charge >= 0.3 is 0 Å². The number of nitrogens with one attached hydrogen (secondary N) is 1. The van der Waals surface area contributed by atoms with Gasteiger partial charge in [0.2, 0.25) is 0 Å². The van der Waals surface area contributed by atoms with Crippen molar-refractivity contribution in [1.29, 1.82) is 0 Å². The Morgan fingerprint density at radius 2 is 2.19 bits per heavy atom. The molecule has 1 fully saturated rings. The minimum atomic E-state index is -0.278. The number of ether oxygens (including phenoxy) is 1. The highest BCUT2D eigenvalue weighted by atomic mass is 19.1. The van der Waals surface area contributed by atoms with Crippen LogP contribution in [0, 0.1) is 5.82 Å². The van der Waals surface area contributed by atoms with Gasteiger partial charge in [-0.1, -0.05) is 12.5 Å². The van der Waals surface area contributed by atoms with E-state index < -0.39 is 0 Å². The maximum absolute atomic E-state index is 13.5. The molecular formula is C13H18FNO. The van der Waals surface area contributed by atoms with Crippen molar-refractivity contribution in [2.24, 2.45) is 0 Å². The summed E-state index contributed by atoms with van der Waals surface area (Å²) in [4.78, 5) is 0. The van der Waals surface area contributed by atoms with Gasteiger partial charge in [0.1, 0.15) is 0 Å². The van der Waals surface area contributed by atoms with Crippen LogP contribution in [-0.4, -0.2) is 13.2 Å². The van der Waals surface area contributed by atoms with Gasteiger partial charge in [0, 0.05) is 12.1 Å². The smallest absolute Gasteiger partial charge is 0.165 e. The molecule has 1 aromatic carbocycles. The molecule has 2 nitrogen and oxygen atoms in total. The number of rotatable bonds is 2. The van der Waals surface area contributed by atoms with Crippen LogP contribution in [0.4, 0.5) is 4.39 Å². The van der Waals surface area contributed by atoms with Gasteiger partial charge < -0.3 is 10.1 Å². The molecule has 0 amide bonds. The summed E-state index contributed by atoms with van der Waals surface area (Å²) in [6, 6.07) is 6.02. The molecule has 1 N–H and O–H groups in total. The van der Waals surface area contributed by atoms with Crippen LogP contribution in [0.25, 0.3) is 0 Å². The van der Waals surface area contributed by atoms with E-state index in [1.807, 2.05) is 6.07 Å². The standard InChI is InChI=1S/C13H18FNO/c1-9-4-3-5-12(15-9)10-6-7-13(16-2)11(14)8-10/h6-9,12,15H,3-5H2,1-2H3. The monoisotopic (exact) mass is 223 g/mol. The molecule has 1 aliphatic heterocycles. The Morgan fingerprint density at radius 1 is 1.38 bits per heavy atom. The largest absolute Gasteiger partial charge is 0.494 e. The lowest BCUT2D eigenvalue weighted by molar-refractivity contribution is 0.339. The van der Waals surface area contributed by atoms with Gasteiger partial charge in [0.25, 0.3) is 0 Å². The molecule has 2 atom stereocenters. The lowest BCUT2D eigenvalue weighted by Gasteiger charge is -2.29. The van der Waals surface area contributed by atoms with Crippen LogP contribution in [-0.2, 0) is 0 Å². The number of halogens is 1. The Balaban J connectivity index is 2.17. The first-order valence-corrected chi connectivity index (χ1v) is 5.80. The quantitative estimate of drug-likeness (QED) is 0.832. The van der Waals surface area contributed by atoms with Crippen LogP contribution in [0.3, 0.4) is 0 Å². The maximum atomic E-state index is 13.5. The molecular weight excluding hydrogens is 205 g/mol. The van der Waals surface area contributed by atoms with E-state index in [0.717, 1.165) is 12.0 Å². The van der Waals surface area contributed by atoms with Crippen molar-refractivity contribution in [2.75, 3.05) is 7.11 Å². The molecule has 1 heterocycles. The van der Waals surface area contributed by atoms with E-state index >= 15 is 0 Å². The zero-order chi connectivity index (χ0) is 11.5. The molecule has 16 heavy (non-hydrogen) atoms. The molecule has 2 unspecified atom stereocenters. The number of hydrogen-bond acceptors (Lipinski definition) is 2. The van der Waals surface area contributed by atoms with E-state index in [9.17, 15) is 4.39 Å². The summed E-state index contributed by atoms with van der Waals surface area (Å²) >= 11 is 0. The second-order valence-corrected chi connectivity index (χ2v) is 4.45. The lowest BCUT2D eigenvalue weighted by atomic mass is 9.94. The fourth-order valence-corrected chi connectivity index (χ4v) is 2.30. The molecule has 2 rings (SSSR count). The molecule has 0 spiro atoms. The van der Waals surface area contributed by atoms with Crippen molar-refractivity contribution in [1.82, 2.24) is 5.32 Å². The molecule has 0 aromatic heterocycles. The van der Waals surface area contributed by atoms with Gasteiger partial charge in [0.05, 0.1) is 7.11 Å². The minimum absolute atomic E-state index is 0.278. The molecule has 0 aliphatic carbocycles. The summed E-state index contributed by atoms with van der Waals surface area (Å²) in [7, 11) is 1.49. The normalized spacial score (nSPS) is 25.4. The van der Waals surface area contributed by atoms with E-state index in [0.29, 0.717) is 11.8 Å². The highest BCUT2D eigenvalue weighted by Crippen LogP contribution is 2.28. The average molecular weight is 223 g/mol. The van der Waals surface area contributed by atoms with Gasteiger partial charge in [0.15, 0.2) is 11.6 Å². The Morgan fingerprint density at radius 3 is 2.81 bits per heavy atom. The molecule has 1 aromatic rings. The summed E-state index contributed by atoms with van der Waals surface area (Å²) in [5.74, 6) is 0.0348. The number of hydrogen-bond donors (Lipinski definition) is 1. The topological polar surface area (TPSA) is 21.3 Å². The predicted octanol–water partition coefficient (Wildman–Crippen LogP) is 3.04. The third-order valence-corrected chi connectivity index (χ3v) is 3.19. The first-order valence-electron chi connectivity index (χ1n) is 5.80. The van der Waals surface area contributed by atoms with Crippen LogP contribution < -0.4 is 10.1 Å². The molecule has 88 valence electrons. The number of methoxy groups -OCH3 is 1. The summed E-state index contributed by atoms with van der Waals surface area (Å²) in [5, 5.41) is 3.49. The maximum Gasteiger partial charge on any atom is 0.165 e. The van der Waals surface area contributed by atoms with Crippen LogP contribution in [0.5, 0.6) is 5.75 Å². The summed E-state index contributed by atoms with van der Waals surface area (Å²) in [6.07, 6.45) is 3.48. The third-order valence-electron chi connectivity index (χ3n) is 3.19. The molecule has 1 aliphatic rings. The lowest BCUT2D eigenvalue weighted by Crippen LogP contribution is -2.34. The Labute approximate surface area is 95.8 Å². The van der Waals surface area contributed by atoms with Crippen LogP contribution in [0.2, 0.25) is 0 Å². The second kappa shape index (κ2) is 4.83. The Hall–Kier alpha value is -1.09. The zero-order valence-electron chi connectivity index (χ0n) is 9.79. The second-order valence-electron chi connectivity index (χ2n) is 4.45. The van der Waals surface area contributed by atoms with Crippen molar-refractivity contribution in [2.45, 2.75) is 38.3 Å². The van der Waals surface area contributed by atoms with Crippen molar-refractivity contribution in [3.05, 3.63) is 29.6 Å². The highest BCUT2D eigenvalue weighted by molar-refractivity contribution is 5.31. The average Bonchev–Trinajstić information content (AvgIpc) is 2.29. The van der Waals surface area contributed by atoms with E-state index in [1.54, 1.807) is 12.1 Å². The van der Waals surface area contributed by atoms with Crippen molar-refractivity contribution < 1.29 is 9.13 Å². The van der Waals surface area contributed by atoms with E-state index in [1.165, 1.54) is 20.0 Å². The van der Waals surface area contributed by atoms with Gasteiger partial charge in [-0.15, -0.1) is 0 Å². The van der Waals surface area contributed by atoms with Gasteiger partial charge in [-0.25, -0.2) is 4.39 Å². The van der Waals surface area contributed by atoms with Crippen LogP contribution >= 0.6 is 0 Å². The van der Waals surface area contributed by atoms with Gasteiger partial charge in [-0.2, -0.15) is 0 Å². The van der Waals surface area contributed by atoms with Crippen LogP contribution in [0.15, 0.2) is 18.2 Å². The van der Waals surface area contributed by atoms with Crippen molar-refractivity contribution in [3.8, 4) is 5.75 Å². The van der Waals surface area contributed by atoms with E-state index in [-0.39, 0.29) is 11.9 Å². The molecule has 0 radical (unpaired) electrons. The SMILES string of the molecule is COc1ccc(C2CCCC(C)N2)cc1F. The molecule has 3 heteroatoms. The van der Waals surface area contributed by atoms with Crippen molar-refractivity contribution in [3.63, 3.8) is 0 Å². The highest BCUT2D eigenvalue weighted by Gasteiger charge is 2.20. The summed E-state index contributed by atoms with van der Waals surface area (Å²) < 4.78 is 18.5. The fraction of sp³-hybridized carbons (Fsp3) is 0.538. The van der Waals surface area contributed by atoms with E-state index in [4.69, 9.17) is 4.74 Å². The number of piperidine rings is 1. The molecule has 1 saturated heterocycles. The summed E-state index contributed by atoms with van der Waals surface area (Å²) in [5.41, 5.74) is 1.02. The molecule has 0 bridgehead atoms. The Bertz CT molecular complexity index is 367. The predicted molar refractivity (Wildman–Crippen MR) is 62.1 cm³/mol. The van der Waals surface area contributed by atoms with E-state index in [2.05, 4.69) is 12.2 Å². The first kappa shape index (κ1) is 11.4. The minimum Gasteiger partial charge on any atom is -0.494 e.